The third-order valence-electron chi connectivity index (χ3n) is 3.73. The Labute approximate surface area is 155 Å². The molecule has 0 bridgehead atoms. The van der Waals surface area contributed by atoms with Crippen LogP contribution in [0.25, 0.3) is 0 Å². The van der Waals surface area contributed by atoms with Gasteiger partial charge in [0.15, 0.2) is 11.5 Å². The Bertz CT molecular complexity index is 1030. The lowest BCUT2D eigenvalue weighted by Crippen LogP contribution is -2.24. The van der Waals surface area contributed by atoms with Crippen molar-refractivity contribution in [2.45, 2.75) is 6.92 Å². The second-order valence-electron chi connectivity index (χ2n) is 5.73. The molecule has 3 aromatic rings. The van der Waals surface area contributed by atoms with Gasteiger partial charge in [0.05, 0.1) is 12.8 Å². The maximum Gasteiger partial charge on any atom is 0.251 e. The van der Waals surface area contributed by atoms with Crippen molar-refractivity contribution in [2.24, 2.45) is 5.10 Å². The third-order valence-corrected chi connectivity index (χ3v) is 3.73. The molecule has 136 valence electrons. The lowest BCUT2D eigenvalue weighted by Gasteiger charge is -2.08. The number of hydrogen-bond donors (Lipinski definition) is 2. The number of carbonyl (C=O) groups excluding carboxylic acids is 1. The number of aromatic nitrogens is 2. The van der Waals surface area contributed by atoms with Gasteiger partial charge in [0, 0.05) is 17.3 Å². The number of benzene rings is 2. The highest BCUT2D eigenvalue weighted by atomic mass is 16.5. The van der Waals surface area contributed by atoms with Crippen molar-refractivity contribution < 1.29 is 9.53 Å². The summed E-state index contributed by atoms with van der Waals surface area (Å²) in [5.41, 5.74) is 4.08. The van der Waals surface area contributed by atoms with Gasteiger partial charge in [-0.15, -0.1) is 0 Å². The van der Waals surface area contributed by atoms with Gasteiger partial charge < -0.3 is 9.72 Å². The molecule has 0 saturated carbocycles. The monoisotopic (exact) mass is 362 g/mol. The second kappa shape index (κ2) is 8.09. The van der Waals surface area contributed by atoms with Crippen molar-refractivity contribution in [3.05, 3.63) is 88.1 Å². The number of H-pyrrole nitrogens is 1. The number of carbonyl (C=O) groups is 1. The number of rotatable bonds is 6. The Hall–Kier alpha value is -3.74. The number of nitrogens with zero attached hydrogens (tertiary/aromatic N) is 2. The molecular weight excluding hydrogens is 344 g/mol. The zero-order chi connectivity index (χ0) is 19.2. The Morgan fingerprint density at radius 2 is 1.81 bits per heavy atom. The standard InChI is InChI=1S/C20H18N4O3/c1-13-12-17(25)22-20(21-13)18(19(26)14-6-4-3-5-7-14)24-23-15-8-10-16(27-2)11-9-15/h3-12,23H,1-2H3,(H,21,22,25)/b24-18-. The zero-order valence-corrected chi connectivity index (χ0v) is 14.9. The molecular formula is C20H18N4O3. The van der Waals surface area contributed by atoms with Gasteiger partial charge >= 0.3 is 0 Å². The van der Waals surface area contributed by atoms with Crippen molar-refractivity contribution >= 4 is 17.2 Å². The van der Waals surface area contributed by atoms with Crippen LogP contribution in [0, 0.1) is 6.92 Å². The maximum atomic E-state index is 12.9. The molecule has 0 fully saturated rings. The van der Waals surface area contributed by atoms with Crippen molar-refractivity contribution in [3.8, 4) is 5.75 Å². The van der Waals surface area contributed by atoms with Crippen LogP contribution < -0.4 is 15.7 Å². The van der Waals surface area contributed by atoms with Crippen LogP contribution in [0.4, 0.5) is 5.69 Å². The lowest BCUT2D eigenvalue weighted by molar-refractivity contribution is 0.106. The first-order chi connectivity index (χ1) is 13.1. The van der Waals surface area contributed by atoms with Crippen LogP contribution in [0.15, 0.2) is 70.6 Å². The molecule has 27 heavy (non-hydrogen) atoms. The van der Waals surface area contributed by atoms with Gasteiger partial charge in [0.2, 0.25) is 5.78 Å². The molecule has 1 aromatic heterocycles. The van der Waals surface area contributed by atoms with Crippen LogP contribution in [0.5, 0.6) is 5.75 Å². The number of nitrogens with one attached hydrogen (secondary N) is 2. The van der Waals surface area contributed by atoms with Gasteiger partial charge in [-0.1, -0.05) is 30.3 Å². The number of Topliss-reactive ketones (excluding diaryl/α,β-unsaturated/α-hetero) is 1. The molecule has 0 spiro atoms. The molecule has 0 aliphatic rings. The average Bonchev–Trinajstić information content (AvgIpc) is 2.68. The maximum absolute atomic E-state index is 12.9. The molecule has 0 saturated heterocycles. The number of hydrazone groups is 1. The van der Waals surface area contributed by atoms with Crippen LogP contribution in [-0.2, 0) is 0 Å². The SMILES string of the molecule is COc1ccc(N/N=C(/C(=O)c2ccccc2)c2nc(C)cc(=O)[nH]2)cc1. The van der Waals surface area contributed by atoms with Crippen LogP contribution in [0.2, 0.25) is 0 Å². The molecule has 3 rings (SSSR count). The largest absolute Gasteiger partial charge is 0.497 e. The fourth-order valence-electron chi connectivity index (χ4n) is 2.41. The number of ether oxygens (including phenoxy) is 1. The van der Waals surface area contributed by atoms with Gasteiger partial charge in [-0.25, -0.2) is 4.98 Å². The van der Waals surface area contributed by atoms with Gasteiger partial charge in [-0.2, -0.15) is 5.10 Å². The summed E-state index contributed by atoms with van der Waals surface area (Å²) in [4.78, 5) is 31.6. The van der Waals surface area contributed by atoms with Crippen LogP contribution in [-0.4, -0.2) is 28.6 Å². The molecule has 2 N–H and O–H groups in total. The van der Waals surface area contributed by atoms with Crippen molar-refractivity contribution in [3.63, 3.8) is 0 Å². The summed E-state index contributed by atoms with van der Waals surface area (Å²) < 4.78 is 5.12. The van der Waals surface area contributed by atoms with E-state index >= 15 is 0 Å². The smallest absolute Gasteiger partial charge is 0.251 e. The van der Waals surface area contributed by atoms with Crippen molar-refractivity contribution in [1.82, 2.24) is 9.97 Å². The molecule has 0 aliphatic carbocycles. The van der Waals surface area contributed by atoms with E-state index in [1.165, 1.54) is 6.07 Å². The first-order valence-corrected chi connectivity index (χ1v) is 8.22. The summed E-state index contributed by atoms with van der Waals surface area (Å²) >= 11 is 0. The Balaban J connectivity index is 2.00. The Kier molecular flexibility index (Phi) is 5.41. The molecule has 2 aromatic carbocycles. The van der Waals surface area contributed by atoms with Crippen LogP contribution in [0.3, 0.4) is 0 Å². The van der Waals surface area contributed by atoms with E-state index in [0.29, 0.717) is 22.7 Å². The minimum absolute atomic E-state index is 0.0119. The molecule has 7 heteroatoms. The van der Waals surface area contributed by atoms with E-state index in [0.717, 1.165) is 0 Å². The summed E-state index contributed by atoms with van der Waals surface area (Å²) in [5, 5.41) is 4.22. The van der Waals surface area contributed by atoms with E-state index in [1.807, 2.05) is 6.07 Å². The third kappa shape index (κ3) is 4.46. The van der Waals surface area contributed by atoms with Gasteiger partial charge in [0.1, 0.15) is 5.75 Å². The van der Waals surface area contributed by atoms with E-state index in [9.17, 15) is 9.59 Å². The average molecular weight is 362 g/mol. The zero-order valence-electron chi connectivity index (χ0n) is 14.9. The predicted octanol–water partition coefficient (Wildman–Crippen LogP) is 2.79. The fourth-order valence-corrected chi connectivity index (χ4v) is 2.41. The van der Waals surface area contributed by atoms with Gasteiger partial charge in [0.25, 0.3) is 5.56 Å². The minimum atomic E-state index is -0.356. The minimum Gasteiger partial charge on any atom is -0.497 e. The van der Waals surface area contributed by atoms with E-state index in [1.54, 1.807) is 62.6 Å². The molecule has 0 unspecified atom stereocenters. The summed E-state index contributed by atoms with van der Waals surface area (Å²) in [5.74, 6) is 0.454. The van der Waals surface area contributed by atoms with E-state index < -0.39 is 0 Å². The molecule has 0 amide bonds. The Morgan fingerprint density at radius 3 is 2.44 bits per heavy atom. The number of ketones is 1. The normalized spacial score (nSPS) is 11.1. The molecule has 7 nitrogen and oxygen atoms in total. The number of aryl methyl sites for hydroxylation is 1. The van der Waals surface area contributed by atoms with E-state index in [2.05, 4.69) is 20.5 Å². The predicted molar refractivity (Wildman–Crippen MR) is 104 cm³/mol. The molecule has 0 aliphatic heterocycles. The summed E-state index contributed by atoms with van der Waals surface area (Å²) in [6.07, 6.45) is 0. The Morgan fingerprint density at radius 1 is 1.11 bits per heavy atom. The first kappa shape index (κ1) is 18.1. The highest BCUT2D eigenvalue weighted by molar-refractivity contribution is 6.50. The number of hydrogen-bond acceptors (Lipinski definition) is 6. The van der Waals surface area contributed by atoms with Gasteiger partial charge in [-0.05, 0) is 31.2 Å². The quantitative estimate of drug-likeness (QED) is 0.399. The topological polar surface area (TPSA) is 96.4 Å². The highest BCUT2D eigenvalue weighted by Crippen LogP contribution is 2.15. The van der Waals surface area contributed by atoms with E-state index in [4.69, 9.17) is 4.74 Å². The highest BCUT2D eigenvalue weighted by Gasteiger charge is 2.19. The van der Waals surface area contributed by atoms with Crippen molar-refractivity contribution in [2.75, 3.05) is 12.5 Å². The van der Waals surface area contributed by atoms with Crippen LogP contribution in [0.1, 0.15) is 21.9 Å². The number of methoxy groups -OCH3 is 1. The summed E-state index contributed by atoms with van der Waals surface area (Å²) in [6.45, 7) is 1.68. The molecule has 1 heterocycles. The first-order valence-electron chi connectivity index (χ1n) is 8.22. The summed E-state index contributed by atoms with van der Waals surface area (Å²) in [7, 11) is 1.58. The lowest BCUT2D eigenvalue weighted by atomic mass is 10.1. The van der Waals surface area contributed by atoms with Gasteiger partial charge in [-0.3, -0.25) is 15.0 Å². The second-order valence-corrected chi connectivity index (χ2v) is 5.73. The fraction of sp³-hybridized carbons (Fsp3) is 0.100. The van der Waals surface area contributed by atoms with Crippen molar-refractivity contribution in [1.29, 1.82) is 0 Å². The number of anilines is 1. The molecule has 0 radical (unpaired) electrons. The molecule has 0 atom stereocenters. The summed E-state index contributed by atoms with van der Waals surface area (Å²) in [6, 6.07) is 17.1. The number of aromatic amines is 1. The van der Waals surface area contributed by atoms with E-state index in [-0.39, 0.29) is 22.9 Å². The van der Waals surface area contributed by atoms with Crippen LogP contribution >= 0.6 is 0 Å².